The van der Waals surface area contributed by atoms with Crippen molar-refractivity contribution < 1.29 is 0 Å². The van der Waals surface area contributed by atoms with Gasteiger partial charge in [0, 0.05) is 18.4 Å². The Morgan fingerprint density at radius 2 is 1.30 bits per heavy atom. The smallest absolute Gasteiger partial charge is 0.187 e. The summed E-state index contributed by atoms with van der Waals surface area (Å²) in [6.07, 6.45) is 0. The highest BCUT2D eigenvalue weighted by atomic mass is 15.1. The van der Waals surface area contributed by atoms with Gasteiger partial charge in [0.25, 0.3) is 0 Å². The second-order valence-electron chi connectivity index (χ2n) is 5.98. The molecule has 0 saturated heterocycles. The average Bonchev–Trinajstić information content (AvgIpc) is 2.46. The summed E-state index contributed by atoms with van der Waals surface area (Å²) < 4.78 is 0. The number of benzene rings is 2. The lowest BCUT2D eigenvalue weighted by Crippen LogP contribution is -2.12. The summed E-state index contributed by atoms with van der Waals surface area (Å²) in [5, 5.41) is 0. The van der Waals surface area contributed by atoms with E-state index in [1.807, 2.05) is 31.3 Å². The molecule has 2 rings (SSSR count). The molecule has 102 valence electrons. The molecule has 0 aliphatic heterocycles. The van der Waals surface area contributed by atoms with Crippen molar-refractivity contribution in [3.63, 3.8) is 0 Å². The fourth-order valence-electron chi connectivity index (χ4n) is 2.08. The maximum atomic E-state index is 6.98. The van der Waals surface area contributed by atoms with E-state index in [1.165, 1.54) is 5.56 Å². The van der Waals surface area contributed by atoms with Gasteiger partial charge in [0.2, 0.25) is 0 Å². The predicted molar refractivity (Wildman–Crippen MR) is 85.9 cm³/mol. The summed E-state index contributed by atoms with van der Waals surface area (Å²) in [4.78, 5) is 5.54. The van der Waals surface area contributed by atoms with Crippen LogP contribution >= 0.6 is 0 Å². The molecule has 0 aliphatic rings. The van der Waals surface area contributed by atoms with Crippen LogP contribution in [0.15, 0.2) is 48.5 Å². The molecule has 0 unspecified atom stereocenters. The van der Waals surface area contributed by atoms with Crippen LogP contribution < -0.4 is 4.90 Å². The molecule has 0 atom stereocenters. The molecule has 0 spiro atoms. The maximum absolute atomic E-state index is 6.98. The second-order valence-corrected chi connectivity index (χ2v) is 5.98. The molecular formula is C18H20N2. The summed E-state index contributed by atoms with van der Waals surface area (Å²) in [5.74, 6) is 0. The SMILES string of the molecule is [C-]#[N+]c1ccc(N(C)c2ccc(C(C)(C)C)cc2)cc1. The van der Waals surface area contributed by atoms with Crippen LogP contribution in [0.2, 0.25) is 0 Å². The molecule has 0 N–H and O–H groups in total. The number of hydrogen-bond donors (Lipinski definition) is 0. The minimum absolute atomic E-state index is 0.175. The van der Waals surface area contributed by atoms with Crippen molar-refractivity contribution in [1.82, 2.24) is 0 Å². The Morgan fingerprint density at radius 1 is 0.850 bits per heavy atom. The Kier molecular flexibility index (Phi) is 3.81. The van der Waals surface area contributed by atoms with Crippen LogP contribution in [0.25, 0.3) is 4.85 Å². The van der Waals surface area contributed by atoms with Gasteiger partial charge in [-0.15, -0.1) is 0 Å². The van der Waals surface area contributed by atoms with E-state index in [0.29, 0.717) is 5.69 Å². The molecule has 0 fully saturated rings. The van der Waals surface area contributed by atoms with E-state index in [0.717, 1.165) is 11.4 Å². The molecule has 0 aromatic heterocycles. The number of hydrogen-bond acceptors (Lipinski definition) is 1. The standard InChI is InChI=1S/C18H20N2/c1-18(2,3)14-6-10-16(11-7-14)20(5)17-12-8-15(19-4)9-13-17/h6-13H,1-3,5H3. The molecular weight excluding hydrogens is 244 g/mol. The third kappa shape index (κ3) is 3.00. The topological polar surface area (TPSA) is 7.60 Å². The molecule has 2 aromatic rings. The molecule has 0 saturated carbocycles. The Labute approximate surface area is 121 Å². The van der Waals surface area contributed by atoms with Crippen LogP contribution in [0.3, 0.4) is 0 Å². The van der Waals surface area contributed by atoms with Gasteiger partial charge in [0.15, 0.2) is 5.69 Å². The van der Waals surface area contributed by atoms with E-state index < -0.39 is 0 Å². The lowest BCUT2D eigenvalue weighted by Gasteiger charge is -2.23. The van der Waals surface area contributed by atoms with E-state index in [4.69, 9.17) is 6.57 Å². The second kappa shape index (κ2) is 5.38. The van der Waals surface area contributed by atoms with E-state index >= 15 is 0 Å². The zero-order chi connectivity index (χ0) is 14.8. The van der Waals surface area contributed by atoms with Crippen LogP contribution in [-0.4, -0.2) is 7.05 Å². The van der Waals surface area contributed by atoms with Gasteiger partial charge < -0.3 is 4.90 Å². The highest BCUT2D eigenvalue weighted by Crippen LogP contribution is 2.28. The third-order valence-corrected chi connectivity index (χ3v) is 3.49. The van der Waals surface area contributed by atoms with Crippen LogP contribution in [-0.2, 0) is 5.41 Å². The minimum atomic E-state index is 0.175. The lowest BCUT2D eigenvalue weighted by molar-refractivity contribution is 0.590. The number of rotatable bonds is 2. The molecule has 2 heteroatoms. The molecule has 2 aromatic carbocycles. The zero-order valence-electron chi connectivity index (χ0n) is 12.5. The van der Waals surface area contributed by atoms with Gasteiger partial charge in [-0.05, 0) is 35.2 Å². The number of nitrogens with zero attached hydrogens (tertiary/aromatic N) is 2. The van der Waals surface area contributed by atoms with Crippen molar-refractivity contribution in [3.05, 3.63) is 65.5 Å². The van der Waals surface area contributed by atoms with Gasteiger partial charge in [-0.1, -0.05) is 45.0 Å². The Hall–Kier alpha value is -2.27. The van der Waals surface area contributed by atoms with Crippen molar-refractivity contribution in [2.75, 3.05) is 11.9 Å². The maximum Gasteiger partial charge on any atom is 0.187 e. The Bertz CT molecular complexity index is 610. The first-order valence-corrected chi connectivity index (χ1v) is 6.73. The van der Waals surface area contributed by atoms with E-state index in [9.17, 15) is 0 Å². The van der Waals surface area contributed by atoms with Crippen LogP contribution in [0, 0.1) is 6.57 Å². The Balaban J connectivity index is 2.24. The first-order valence-electron chi connectivity index (χ1n) is 6.73. The predicted octanol–water partition coefficient (Wildman–Crippen LogP) is 5.30. The van der Waals surface area contributed by atoms with Gasteiger partial charge in [-0.25, -0.2) is 4.85 Å². The monoisotopic (exact) mass is 264 g/mol. The normalized spacial score (nSPS) is 10.9. The molecule has 2 nitrogen and oxygen atoms in total. The summed E-state index contributed by atoms with van der Waals surface area (Å²) in [6, 6.07) is 16.3. The van der Waals surface area contributed by atoms with Crippen molar-refractivity contribution in [2.24, 2.45) is 0 Å². The molecule has 0 bridgehead atoms. The largest absolute Gasteiger partial charge is 0.345 e. The first kappa shape index (κ1) is 14.1. The zero-order valence-corrected chi connectivity index (χ0v) is 12.5. The fourth-order valence-corrected chi connectivity index (χ4v) is 2.08. The summed E-state index contributed by atoms with van der Waals surface area (Å²) in [6.45, 7) is 13.6. The van der Waals surface area contributed by atoms with Crippen molar-refractivity contribution in [2.45, 2.75) is 26.2 Å². The lowest BCUT2D eigenvalue weighted by atomic mass is 9.87. The van der Waals surface area contributed by atoms with Crippen LogP contribution in [0.4, 0.5) is 17.1 Å². The first-order chi connectivity index (χ1) is 9.41. The van der Waals surface area contributed by atoms with Gasteiger partial charge in [-0.3, -0.25) is 0 Å². The quantitative estimate of drug-likeness (QED) is 0.668. The van der Waals surface area contributed by atoms with E-state index in [2.05, 4.69) is 54.8 Å². The fraction of sp³-hybridized carbons (Fsp3) is 0.278. The van der Waals surface area contributed by atoms with Crippen molar-refractivity contribution >= 4 is 17.1 Å². The minimum Gasteiger partial charge on any atom is -0.345 e. The average molecular weight is 264 g/mol. The van der Waals surface area contributed by atoms with Gasteiger partial charge >= 0.3 is 0 Å². The summed E-state index contributed by atoms with van der Waals surface area (Å²) in [7, 11) is 2.04. The van der Waals surface area contributed by atoms with Crippen LogP contribution in [0.5, 0.6) is 0 Å². The third-order valence-electron chi connectivity index (χ3n) is 3.49. The van der Waals surface area contributed by atoms with E-state index in [1.54, 1.807) is 0 Å². The highest BCUT2D eigenvalue weighted by Gasteiger charge is 2.13. The van der Waals surface area contributed by atoms with E-state index in [-0.39, 0.29) is 5.41 Å². The molecule has 0 heterocycles. The summed E-state index contributed by atoms with van der Waals surface area (Å²) >= 11 is 0. The van der Waals surface area contributed by atoms with Crippen molar-refractivity contribution in [1.29, 1.82) is 0 Å². The molecule has 0 aliphatic carbocycles. The Morgan fingerprint density at radius 3 is 1.70 bits per heavy atom. The van der Waals surface area contributed by atoms with Gasteiger partial charge in [0.05, 0.1) is 6.57 Å². The highest BCUT2D eigenvalue weighted by molar-refractivity contribution is 5.65. The molecule has 0 amide bonds. The van der Waals surface area contributed by atoms with Crippen molar-refractivity contribution in [3.8, 4) is 0 Å². The van der Waals surface area contributed by atoms with Gasteiger partial charge in [0.1, 0.15) is 0 Å². The molecule has 0 radical (unpaired) electrons. The summed E-state index contributed by atoms with van der Waals surface area (Å²) in [5.41, 5.74) is 4.41. The van der Waals surface area contributed by atoms with Crippen LogP contribution in [0.1, 0.15) is 26.3 Å². The van der Waals surface area contributed by atoms with Gasteiger partial charge in [-0.2, -0.15) is 0 Å². The number of anilines is 2. The molecule has 20 heavy (non-hydrogen) atoms.